The van der Waals surface area contributed by atoms with Crippen LogP contribution in [-0.4, -0.2) is 28.0 Å². The molecule has 0 saturated carbocycles. The normalized spacial score (nSPS) is 11.5. The molecular formula is C23H26ClN3O2. The molecular weight excluding hydrogens is 386 g/mol. The van der Waals surface area contributed by atoms with E-state index in [9.17, 15) is 4.79 Å². The summed E-state index contributed by atoms with van der Waals surface area (Å²) in [6.07, 6.45) is 1.14. The molecule has 0 saturated heterocycles. The van der Waals surface area contributed by atoms with Gasteiger partial charge in [0, 0.05) is 24.1 Å². The highest BCUT2D eigenvalue weighted by atomic mass is 35.5. The molecule has 6 heteroatoms. The van der Waals surface area contributed by atoms with Crippen molar-refractivity contribution >= 4 is 17.5 Å². The number of aryl methyl sites for hydroxylation is 1. The van der Waals surface area contributed by atoms with E-state index in [4.69, 9.17) is 16.1 Å². The third-order valence-electron chi connectivity index (χ3n) is 4.82. The Morgan fingerprint density at radius 1 is 1.07 bits per heavy atom. The molecule has 0 unspecified atom stereocenters. The van der Waals surface area contributed by atoms with Crippen LogP contribution in [0.3, 0.4) is 0 Å². The van der Waals surface area contributed by atoms with Crippen molar-refractivity contribution in [3.63, 3.8) is 0 Å². The minimum absolute atomic E-state index is 0.0381. The second-order valence-electron chi connectivity index (χ2n) is 8.22. The van der Waals surface area contributed by atoms with Crippen LogP contribution in [0.2, 0.25) is 5.02 Å². The molecule has 152 valence electrons. The van der Waals surface area contributed by atoms with Crippen LogP contribution >= 0.6 is 11.6 Å². The van der Waals surface area contributed by atoms with Gasteiger partial charge in [0.15, 0.2) is 0 Å². The van der Waals surface area contributed by atoms with Crippen molar-refractivity contribution in [2.45, 2.75) is 45.6 Å². The van der Waals surface area contributed by atoms with Crippen molar-refractivity contribution in [2.24, 2.45) is 0 Å². The Morgan fingerprint density at radius 3 is 2.34 bits per heavy atom. The molecule has 1 amide bonds. The van der Waals surface area contributed by atoms with Crippen LogP contribution in [0, 0.1) is 0 Å². The van der Waals surface area contributed by atoms with Gasteiger partial charge in [-0.15, -0.1) is 0 Å². The van der Waals surface area contributed by atoms with E-state index in [0.717, 1.165) is 11.1 Å². The van der Waals surface area contributed by atoms with E-state index in [1.807, 2.05) is 12.1 Å². The molecule has 0 aliphatic rings. The van der Waals surface area contributed by atoms with Crippen molar-refractivity contribution in [3.8, 4) is 11.4 Å². The van der Waals surface area contributed by atoms with Crippen molar-refractivity contribution < 1.29 is 9.32 Å². The first-order valence-electron chi connectivity index (χ1n) is 9.64. The third-order valence-corrected chi connectivity index (χ3v) is 5.07. The van der Waals surface area contributed by atoms with Gasteiger partial charge in [-0.3, -0.25) is 4.79 Å². The minimum atomic E-state index is 0.0381. The molecule has 5 nitrogen and oxygen atoms in total. The smallest absolute Gasteiger partial charge is 0.246 e. The summed E-state index contributed by atoms with van der Waals surface area (Å²) in [5.74, 6) is 0.924. The number of aromatic nitrogens is 2. The number of halogens is 1. The minimum Gasteiger partial charge on any atom is -0.337 e. The van der Waals surface area contributed by atoms with Crippen molar-refractivity contribution in [1.82, 2.24) is 15.0 Å². The van der Waals surface area contributed by atoms with Gasteiger partial charge in [-0.2, -0.15) is 4.98 Å². The quantitative estimate of drug-likeness (QED) is 0.553. The van der Waals surface area contributed by atoms with Gasteiger partial charge >= 0.3 is 0 Å². The first-order valence-corrected chi connectivity index (χ1v) is 10.0. The summed E-state index contributed by atoms with van der Waals surface area (Å²) in [6, 6.07) is 15.7. The SMILES string of the molecule is CN(Cc1nc(-c2ccc(Cl)cc2)no1)C(=O)CCc1ccc(C(C)(C)C)cc1. The Labute approximate surface area is 176 Å². The van der Waals surface area contributed by atoms with Crippen molar-refractivity contribution in [1.29, 1.82) is 0 Å². The fourth-order valence-electron chi connectivity index (χ4n) is 2.94. The number of benzene rings is 2. The summed E-state index contributed by atoms with van der Waals surface area (Å²) < 4.78 is 5.29. The molecule has 3 rings (SSSR count). The van der Waals surface area contributed by atoms with E-state index in [-0.39, 0.29) is 17.9 Å². The van der Waals surface area contributed by atoms with Crippen LogP contribution in [0.4, 0.5) is 0 Å². The Kier molecular flexibility index (Phi) is 6.38. The fourth-order valence-corrected chi connectivity index (χ4v) is 3.07. The zero-order valence-electron chi connectivity index (χ0n) is 17.3. The van der Waals surface area contributed by atoms with Crippen LogP contribution in [0.25, 0.3) is 11.4 Å². The molecule has 0 aliphatic heterocycles. The van der Waals surface area contributed by atoms with E-state index in [1.54, 1.807) is 24.1 Å². The summed E-state index contributed by atoms with van der Waals surface area (Å²) in [5.41, 5.74) is 3.39. The molecule has 29 heavy (non-hydrogen) atoms. The molecule has 0 aliphatic carbocycles. The van der Waals surface area contributed by atoms with Gasteiger partial charge in [0.2, 0.25) is 17.6 Å². The molecule has 2 aromatic carbocycles. The highest BCUT2D eigenvalue weighted by Gasteiger charge is 2.16. The summed E-state index contributed by atoms with van der Waals surface area (Å²) in [6.45, 7) is 6.85. The second-order valence-corrected chi connectivity index (χ2v) is 8.65. The molecule has 0 N–H and O–H groups in total. The lowest BCUT2D eigenvalue weighted by atomic mass is 9.86. The average Bonchev–Trinajstić information content (AvgIpc) is 3.14. The van der Waals surface area contributed by atoms with Crippen LogP contribution < -0.4 is 0 Å². The van der Waals surface area contributed by atoms with Crippen LogP contribution in [0.15, 0.2) is 53.1 Å². The molecule has 3 aromatic rings. The van der Waals surface area contributed by atoms with E-state index >= 15 is 0 Å². The summed E-state index contributed by atoms with van der Waals surface area (Å²) in [7, 11) is 1.75. The number of carbonyl (C=O) groups is 1. The van der Waals surface area contributed by atoms with Gasteiger partial charge in [0.05, 0.1) is 6.54 Å². The Hall–Kier alpha value is -2.66. The Morgan fingerprint density at radius 2 is 1.72 bits per heavy atom. The first kappa shape index (κ1) is 21.1. The lowest BCUT2D eigenvalue weighted by molar-refractivity contribution is -0.130. The maximum absolute atomic E-state index is 12.5. The number of hydrogen-bond acceptors (Lipinski definition) is 4. The monoisotopic (exact) mass is 411 g/mol. The Bertz CT molecular complexity index is 957. The van der Waals surface area contributed by atoms with Crippen LogP contribution in [0.1, 0.15) is 44.2 Å². The predicted octanol–water partition coefficient (Wildman–Crippen LogP) is 5.28. The number of rotatable bonds is 6. The van der Waals surface area contributed by atoms with Gasteiger partial charge in [-0.25, -0.2) is 0 Å². The lowest BCUT2D eigenvalue weighted by Crippen LogP contribution is -2.26. The van der Waals surface area contributed by atoms with E-state index in [2.05, 4.69) is 55.2 Å². The zero-order valence-corrected chi connectivity index (χ0v) is 18.0. The Balaban J connectivity index is 1.53. The zero-order chi connectivity index (χ0) is 21.0. The maximum atomic E-state index is 12.5. The van der Waals surface area contributed by atoms with Gasteiger partial charge in [-0.05, 0) is 47.2 Å². The summed E-state index contributed by atoms with van der Waals surface area (Å²) in [5, 5.41) is 4.63. The number of hydrogen-bond donors (Lipinski definition) is 0. The molecule has 0 fully saturated rings. The average molecular weight is 412 g/mol. The number of carbonyl (C=O) groups excluding carboxylic acids is 1. The third kappa shape index (κ3) is 5.67. The van der Waals surface area contributed by atoms with E-state index in [0.29, 0.717) is 29.6 Å². The number of amides is 1. The van der Waals surface area contributed by atoms with Crippen LogP contribution in [-0.2, 0) is 23.2 Å². The van der Waals surface area contributed by atoms with Gasteiger partial charge in [0.25, 0.3) is 0 Å². The van der Waals surface area contributed by atoms with E-state index in [1.165, 1.54) is 5.56 Å². The highest BCUT2D eigenvalue weighted by molar-refractivity contribution is 6.30. The summed E-state index contributed by atoms with van der Waals surface area (Å²) >= 11 is 5.90. The fraction of sp³-hybridized carbons (Fsp3) is 0.348. The molecule has 1 aromatic heterocycles. The second kappa shape index (κ2) is 8.78. The van der Waals surface area contributed by atoms with Gasteiger partial charge in [0.1, 0.15) is 0 Å². The summed E-state index contributed by atoms with van der Waals surface area (Å²) in [4.78, 5) is 18.5. The standard InChI is InChI=1S/C23H26ClN3O2/c1-23(2,3)18-10-5-16(6-11-18)7-14-21(28)27(4)15-20-25-22(26-29-20)17-8-12-19(24)13-9-17/h5-6,8-13H,7,14-15H2,1-4H3. The first-order chi connectivity index (χ1) is 13.7. The molecule has 0 bridgehead atoms. The number of nitrogens with zero attached hydrogens (tertiary/aromatic N) is 3. The lowest BCUT2D eigenvalue weighted by Gasteiger charge is -2.19. The molecule has 0 radical (unpaired) electrons. The van der Waals surface area contributed by atoms with Crippen molar-refractivity contribution in [3.05, 3.63) is 70.6 Å². The topological polar surface area (TPSA) is 59.2 Å². The van der Waals surface area contributed by atoms with E-state index < -0.39 is 0 Å². The van der Waals surface area contributed by atoms with Gasteiger partial charge in [-0.1, -0.05) is 61.8 Å². The molecule has 0 spiro atoms. The molecule has 1 heterocycles. The molecule has 0 atom stereocenters. The van der Waals surface area contributed by atoms with Crippen LogP contribution in [0.5, 0.6) is 0 Å². The predicted molar refractivity (Wildman–Crippen MR) is 115 cm³/mol. The largest absolute Gasteiger partial charge is 0.337 e. The van der Waals surface area contributed by atoms with Gasteiger partial charge < -0.3 is 9.42 Å². The maximum Gasteiger partial charge on any atom is 0.246 e. The highest BCUT2D eigenvalue weighted by Crippen LogP contribution is 2.23. The van der Waals surface area contributed by atoms with Crippen molar-refractivity contribution in [2.75, 3.05) is 7.05 Å².